The molecule has 0 heterocycles. The first kappa shape index (κ1) is 33.7. The molecule has 0 radical (unpaired) electrons. The summed E-state index contributed by atoms with van der Waals surface area (Å²) in [5.41, 5.74) is 1.43. The number of nitrogens with one attached hydrogen (secondary N) is 1. The molecule has 0 aromatic heterocycles. The van der Waals surface area contributed by atoms with Crippen LogP contribution in [-0.4, -0.2) is 50.0 Å². The second-order valence-electron chi connectivity index (χ2n) is 11.2. The van der Waals surface area contributed by atoms with E-state index >= 15 is 0 Å². The summed E-state index contributed by atoms with van der Waals surface area (Å²) >= 11 is 12.7. The van der Waals surface area contributed by atoms with Gasteiger partial charge in [-0.05, 0) is 54.7 Å². The van der Waals surface area contributed by atoms with Crippen LogP contribution in [-0.2, 0) is 32.6 Å². The molecule has 3 aromatic rings. The van der Waals surface area contributed by atoms with Crippen LogP contribution in [0.2, 0.25) is 10.0 Å². The number of anilines is 1. The predicted octanol–water partition coefficient (Wildman–Crippen LogP) is 6.77. The number of nitrogens with zero attached hydrogens (tertiary/aromatic N) is 2. The Bertz CT molecular complexity index is 1530. The number of carbonyl (C=O) groups is 2. The van der Waals surface area contributed by atoms with Crippen molar-refractivity contribution in [1.29, 1.82) is 0 Å². The van der Waals surface area contributed by atoms with Crippen LogP contribution in [0.4, 0.5) is 10.1 Å². The minimum Gasteiger partial charge on any atom is -0.352 e. The molecule has 1 aliphatic rings. The summed E-state index contributed by atoms with van der Waals surface area (Å²) in [4.78, 5) is 29.5. The summed E-state index contributed by atoms with van der Waals surface area (Å²) in [6.45, 7) is -0.0633. The second kappa shape index (κ2) is 15.7. The standard InChI is InChI=1S/C33H38Cl2FN3O4S/c1-44(42,43)39(30-16-9-8-15-29(30)36)20-10-17-32(40)38(23-25-18-19-26(34)22-28(25)35)31(21-24-11-4-2-5-12-24)33(41)37-27-13-6-3-7-14-27/h2,4-5,8-9,11-12,15-16,18-19,22,27,31H,3,6-7,10,13-14,17,20-21,23H2,1H3,(H,37,41)/t31-/m1/s1. The lowest BCUT2D eigenvalue weighted by molar-refractivity contribution is -0.141. The van der Waals surface area contributed by atoms with Crippen molar-refractivity contribution in [1.82, 2.24) is 10.2 Å². The summed E-state index contributed by atoms with van der Waals surface area (Å²) in [5.74, 6) is -1.27. The van der Waals surface area contributed by atoms with Crippen molar-refractivity contribution < 1.29 is 22.4 Å². The van der Waals surface area contributed by atoms with Gasteiger partial charge in [0.15, 0.2) is 0 Å². The maximum absolute atomic E-state index is 14.5. The van der Waals surface area contributed by atoms with E-state index in [9.17, 15) is 22.4 Å². The fourth-order valence-corrected chi connectivity index (χ4v) is 7.00. The van der Waals surface area contributed by atoms with E-state index in [0.717, 1.165) is 48.2 Å². The van der Waals surface area contributed by atoms with Crippen LogP contribution < -0.4 is 9.62 Å². The predicted molar refractivity (Wildman–Crippen MR) is 174 cm³/mol. The number of amides is 2. The van der Waals surface area contributed by atoms with Crippen molar-refractivity contribution in [2.75, 3.05) is 17.1 Å². The first-order valence-electron chi connectivity index (χ1n) is 14.8. The van der Waals surface area contributed by atoms with Crippen LogP contribution in [0.15, 0.2) is 72.8 Å². The minimum atomic E-state index is -3.83. The van der Waals surface area contributed by atoms with E-state index < -0.39 is 21.9 Å². The van der Waals surface area contributed by atoms with E-state index in [2.05, 4.69) is 5.32 Å². The molecule has 0 bridgehead atoms. The van der Waals surface area contributed by atoms with E-state index in [1.165, 1.54) is 23.1 Å². The Morgan fingerprint density at radius 3 is 2.32 bits per heavy atom. The molecule has 236 valence electrons. The van der Waals surface area contributed by atoms with Gasteiger partial charge in [0.1, 0.15) is 11.9 Å². The number of hydrogen-bond donors (Lipinski definition) is 1. The van der Waals surface area contributed by atoms with E-state index in [1.54, 1.807) is 24.3 Å². The average Bonchev–Trinajstić information content (AvgIpc) is 2.99. The molecule has 1 N–H and O–H groups in total. The molecule has 11 heteroatoms. The fraction of sp³-hybridized carbons (Fsp3) is 0.394. The Hall–Kier alpha value is -3.14. The molecule has 3 aromatic carbocycles. The Balaban J connectivity index is 1.62. The Labute approximate surface area is 269 Å². The summed E-state index contributed by atoms with van der Waals surface area (Å²) in [7, 11) is -3.83. The highest BCUT2D eigenvalue weighted by Crippen LogP contribution is 2.26. The molecule has 4 rings (SSSR count). The highest BCUT2D eigenvalue weighted by molar-refractivity contribution is 7.92. The van der Waals surface area contributed by atoms with Crippen molar-refractivity contribution in [3.63, 3.8) is 0 Å². The molecule has 2 amide bonds. The summed E-state index contributed by atoms with van der Waals surface area (Å²) in [5, 5.41) is 4.00. The maximum atomic E-state index is 14.5. The monoisotopic (exact) mass is 661 g/mol. The topological polar surface area (TPSA) is 86.8 Å². The smallest absolute Gasteiger partial charge is 0.243 e. The van der Waals surface area contributed by atoms with Gasteiger partial charge >= 0.3 is 0 Å². The number of carbonyl (C=O) groups excluding carboxylic acids is 2. The first-order valence-corrected chi connectivity index (χ1v) is 17.4. The molecule has 0 saturated heterocycles. The number of rotatable bonds is 13. The molecular weight excluding hydrogens is 624 g/mol. The van der Waals surface area contributed by atoms with Gasteiger partial charge in [0.2, 0.25) is 21.8 Å². The number of benzene rings is 3. The highest BCUT2D eigenvalue weighted by Gasteiger charge is 2.32. The van der Waals surface area contributed by atoms with Crippen LogP contribution >= 0.6 is 23.2 Å². The van der Waals surface area contributed by atoms with Crippen LogP contribution in [0.25, 0.3) is 0 Å². The third-order valence-electron chi connectivity index (χ3n) is 7.85. The zero-order valence-corrected chi connectivity index (χ0v) is 27.1. The van der Waals surface area contributed by atoms with Gasteiger partial charge in [-0.25, -0.2) is 12.8 Å². The van der Waals surface area contributed by atoms with E-state index in [0.29, 0.717) is 15.6 Å². The molecule has 44 heavy (non-hydrogen) atoms. The lowest BCUT2D eigenvalue weighted by Gasteiger charge is -2.34. The molecule has 0 unspecified atom stereocenters. The van der Waals surface area contributed by atoms with Gasteiger partial charge in [-0.15, -0.1) is 0 Å². The Morgan fingerprint density at radius 2 is 1.66 bits per heavy atom. The molecule has 1 aliphatic carbocycles. The summed E-state index contributed by atoms with van der Waals surface area (Å²) < 4.78 is 40.7. The van der Waals surface area contributed by atoms with Crippen molar-refractivity contribution in [3.05, 3.63) is 99.8 Å². The normalized spacial score (nSPS) is 14.5. The molecule has 1 saturated carbocycles. The van der Waals surface area contributed by atoms with Crippen LogP contribution in [0, 0.1) is 5.82 Å². The van der Waals surface area contributed by atoms with E-state index in [-0.39, 0.29) is 55.9 Å². The third-order valence-corrected chi connectivity index (χ3v) is 9.62. The Kier molecular flexibility index (Phi) is 12.1. The van der Waals surface area contributed by atoms with Crippen molar-refractivity contribution in [2.45, 2.75) is 70.0 Å². The molecule has 1 fully saturated rings. The molecule has 0 aliphatic heterocycles. The van der Waals surface area contributed by atoms with E-state index in [1.807, 2.05) is 30.3 Å². The average molecular weight is 663 g/mol. The lowest BCUT2D eigenvalue weighted by Crippen LogP contribution is -2.53. The molecular formula is C33H38Cl2FN3O4S. The van der Waals surface area contributed by atoms with Gasteiger partial charge in [0.25, 0.3) is 0 Å². The summed E-state index contributed by atoms with van der Waals surface area (Å²) in [6, 6.07) is 19.3. The largest absolute Gasteiger partial charge is 0.352 e. The lowest BCUT2D eigenvalue weighted by atomic mass is 9.94. The second-order valence-corrected chi connectivity index (χ2v) is 13.9. The molecule has 0 spiro atoms. The van der Waals surface area contributed by atoms with Gasteiger partial charge in [-0.1, -0.05) is 91.0 Å². The Morgan fingerprint density at radius 1 is 0.977 bits per heavy atom. The number of sulfonamides is 1. The number of halogens is 3. The van der Waals surface area contributed by atoms with Crippen LogP contribution in [0.1, 0.15) is 56.1 Å². The van der Waals surface area contributed by atoms with Crippen LogP contribution in [0.5, 0.6) is 0 Å². The molecule has 1 atom stereocenters. The van der Waals surface area contributed by atoms with E-state index in [4.69, 9.17) is 23.2 Å². The zero-order chi connectivity index (χ0) is 31.7. The third kappa shape index (κ3) is 9.43. The molecule has 7 nitrogen and oxygen atoms in total. The minimum absolute atomic E-state index is 0.0367. The van der Waals surface area contributed by atoms with Gasteiger partial charge in [-0.2, -0.15) is 0 Å². The van der Waals surface area contributed by atoms with Gasteiger partial charge < -0.3 is 10.2 Å². The fourth-order valence-electron chi connectivity index (χ4n) is 5.57. The van der Waals surface area contributed by atoms with Gasteiger partial charge in [0, 0.05) is 42.0 Å². The quantitative estimate of drug-likeness (QED) is 0.219. The first-order chi connectivity index (χ1) is 21.0. The number of para-hydroxylation sites is 1. The summed E-state index contributed by atoms with van der Waals surface area (Å²) in [6.07, 6.45) is 6.29. The van der Waals surface area contributed by atoms with Crippen molar-refractivity contribution in [3.8, 4) is 0 Å². The van der Waals surface area contributed by atoms with Gasteiger partial charge in [0.05, 0.1) is 11.9 Å². The SMILES string of the molecule is CS(=O)(=O)N(CCCC(=O)N(Cc1ccc(Cl)cc1Cl)[C@H](Cc1ccccc1)C(=O)NC1CCCCC1)c1ccccc1F. The van der Waals surface area contributed by atoms with Crippen molar-refractivity contribution in [2.24, 2.45) is 0 Å². The highest BCUT2D eigenvalue weighted by atomic mass is 35.5. The zero-order valence-electron chi connectivity index (χ0n) is 24.7. The maximum Gasteiger partial charge on any atom is 0.243 e. The van der Waals surface area contributed by atoms with Crippen molar-refractivity contribution >= 4 is 50.7 Å². The number of hydrogen-bond acceptors (Lipinski definition) is 4. The van der Waals surface area contributed by atoms with Gasteiger partial charge in [-0.3, -0.25) is 13.9 Å². The van der Waals surface area contributed by atoms with Crippen LogP contribution in [0.3, 0.4) is 0 Å².